The Bertz CT molecular complexity index is 440. The molecule has 0 aliphatic rings. The first-order valence-electron chi connectivity index (χ1n) is 6.52. The van der Waals surface area contributed by atoms with Crippen LogP contribution in [0.5, 0.6) is 5.75 Å². The van der Waals surface area contributed by atoms with Gasteiger partial charge in [-0.2, -0.15) is 0 Å². The summed E-state index contributed by atoms with van der Waals surface area (Å²) in [4.78, 5) is 13.3. The van der Waals surface area contributed by atoms with E-state index in [1.807, 2.05) is 11.8 Å². The lowest BCUT2D eigenvalue weighted by atomic mass is 10.3. The van der Waals surface area contributed by atoms with Crippen LogP contribution in [0.1, 0.15) is 13.8 Å². The molecule has 20 heavy (non-hydrogen) atoms. The van der Waals surface area contributed by atoms with Crippen molar-refractivity contribution in [3.63, 3.8) is 0 Å². The van der Waals surface area contributed by atoms with Crippen molar-refractivity contribution in [2.75, 3.05) is 32.8 Å². The number of nitrogens with zero attached hydrogens (tertiary/aromatic N) is 1. The van der Waals surface area contributed by atoms with E-state index >= 15 is 0 Å². The van der Waals surface area contributed by atoms with E-state index in [-0.39, 0.29) is 12.5 Å². The third kappa shape index (κ3) is 5.99. The fraction of sp³-hybridized carbons (Fsp3) is 0.500. The van der Waals surface area contributed by atoms with Crippen LogP contribution in [0.2, 0.25) is 10.0 Å². The summed E-state index contributed by atoms with van der Waals surface area (Å²) >= 11 is 11.8. The summed E-state index contributed by atoms with van der Waals surface area (Å²) in [5, 5.41) is 1.05. The van der Waals surface area contributed by atoms with Gasteiger partial charge >= 0.3 is 5.97 Å². The van der Waals surface area contributed by atoms with Crippen LogP contribution in [-0.2, 0) is 9.53 Å². The molecule has 0 atom stereocenters. The van der Waals surface area contributed by atoms with Crippen LogP contribution in [0.15, 0.2) is 18.2 Å². The Labute approximate surface area is 129 Å². The normalized spacial score (nSPS) is 10.7. The molecule has 0 heterocycles. The van der Waals surface area contributed by atoms with Crippen molar-refractivity contribution >= 4 is 29.2 Å². The first-order chi connectivity index (χ1) is 9.56. The highest BCUT2D eigenvalue weighted by atomic mass is 35.5. The molecular weight excluding hydrogens is 301 g/mol. The summed E-state index contributed by atoms with van der Waals surface area (Å²) in [6.45, 7) is 6.24. The van der Waals surface area contributed by atoms with Crippen molar-refractivity contribution < 1.29 is 14.3 Å². The molecule has 1 rings (SSSR count). The van der Waals surface area contributed by atoms with E-state index in [0.717, 1.165) is 6.54 Å². The molecule has 0 aromatic heterocycles. The van der Waals surface area contributed by atoms with Gasteiger partial charge in [0, 0.05) is 11.6 Å². The lowest BCUT2D eigenvalue weighted by Gasteiger charge is -2.19. The van der Waals surface area contributed by atoms with Gasteiger partial charge in [-0.15, -0.1) is 0 Å². The van der Waals surface area contributed by atoms with Crippen molar-refractivity contribution in [1.82, 2.24) is 4.90 Å². The predicted molar refractivity (Wildman–Crippen MR) is 80.7 cm³/mol. The number of carbonyl (C=O) groups is 1. The second-order valence-electron chi connectivity index (χ2n) is 4.10. The fourth-order valence-electron chi connectivity index (χ4n) is 1.62. The van der Waals surface area contributed by atoms with Crippen LogP contribution in [0.4, 0.5) is 0 Å². The van der Waals surface area contributed by atoms with Crippen LogP contribution in [0.25, 0.3) is 0 Å². The average molecular weight is 320 g/mol. The van der Waals surface area contributed by atoms with Gasteiger partial charge in [0.05, 0.1) is 18.2 Å². The highest BCUT2D eigenvalue weighted by Crippen LogP contribution is 2.27. The number of hydrogen-bond acceptors (Lipinski definition) is 4. The van der Waals surface area contributed by atoms with Gasteiger partial charge in [0.2, 0.25) is 0 Å². The zero-order valence-electron chi connectivity index (χ0n) is 11.7. The first kappa shape index (κ1) is 17.1. The van der Waals surface area contributed by atoms with Gasteiger partial charge in [0.1, 0.15) is 12.4 Å². The Morgan fingerprint density at radius 2 is 2.05 bits per heavy atom. The highest BCUT2D eigenvalue weighted by Gasteiger charge is 2.10. The van der Waals surface area contributed by atoms with Crippen LogP contribution in [-0.4, -0.2) is 43.7 Å². The minimum absolute atomic E-state index is 0.223. The van der Waals surface area contributed by atoms with Gasteiger partial charge < -0.3 is 9.47 Å². The van der Waals surface area contributed by atoms with Gasteiger partial charge in [-0.25, -0.2) is 0 Å². The monoisotopic (exact) mass is 319 g/mol. The fourth-order valence-corrected chi connectivity index (χ4v) is 2.08. The molecule has 1 aromatic carbocycles. The number of ether oxygens (including phenoxy) is 2. The molecule has 4 nitrogen and oxygen atoms in total. The van der Waals surface area contributed by atoms with E-state index < -0.39 is 0 Å². The number of esters is 1. The second-order valence-corrected chi connectivity index (χ2v) is 4.94. The summed E-state index contributed by atoms with van der Waals surface area (Å²) in [5.41, 5.74) is 0. The average Bonchev–Trinajstić information content (AvgIpc) is 2.40. The molecule has 0 N–H and O–H groups in total. The van der Waals surface area contributed by atoms with Crippen molar-refractivity contribution in [1.29, 1.82) is 0 Å². The van der Waals surface area contributed by atoms with E-state index in [2.05, 4.69) is 0 Å². The van der Waals surface area contributed by atoms with Crippen LogP contribution in [0.3, 0.4) is 0 Å². The number of hydrogen-bond donors (Lipinski definition) is 0. The molecule has 0 radical (unpaired) electrons. The van der Waals surface area contributed by atoms with E-state index in [1.54, 1.807) is 25.1 Å². The number of halogens is 2. The molecule has 0 unspecified atom stereocenters. The molecule has 0 fully saturated rings. The standard InChI is InChI=1S/C14H19Cl2NO3/c1-3-17(10-14(18)19-4-2)7-8-20-13-6-5-11(15)9-12(13)16/h5-6,9H,3-4,7-8,10H2,1-2H3. The Hall–Kier alpha value is -0.970. The van der Waals surface area contributed by atoms with Crippen molar-refractivity contribution in [2.45, 2.75) is 13.8 Å². The maximum Gasteiger partial charge on any atom is 0.320 e. The van der Waals surface area contributed by atoms with Crippen molar-refractivity contribution in [2.24, 2.45) is 0 Å². The number of carbonyl (C=O) groups excluding carboxylic acids is 1. The summed E-state index contributed by atoms with van der Waals surface area (Å²) in [6.07, 6.45) is 0. The Balaban J connectivity index is 2.39. The molecule has 6 heteroatoms. The molecule has 1 aromatic rings. The maximum absolute atomic E-state index is 11.4. The molecule has 0 saturated carbocycles. The number of rotatable bonds is 8. The summed E-state index contributed by atoms with van der Waals surface area (Å²) in [6, 6.07) is 5.08. The predicted octanol–water partition coefficient (Wildman–Crippen LogP) is 3.26. The van der Waals surface area contributed by atoms with Gasteiger partial charge in [0.15, 0.2) is 0 Å². The summed E-state index contributed by atoms with van der Waals surface area (Å²) in [7, 11) is 0. The molecule has 0 bridgehead atoms. The van der Waals surface area contributed by atoms with Gasteiger partial charge in [0.25, 0.3) is 0 Å². The quantitative estimate of drug-likeness (QED) is 0.689. The maximum atomic E-state index is 11.4. The first-order valence-corrected chi connectivity index (χ1v) is 7.28. The summed E-state index contributed by atoms with van der Waals surface area (Å²) < 4.78 is 10.5. The van der Waals surface area contributed by atoms with Gasteiger partial charge in [-0.1, -0.05) is 30.1 Å². The van der Waals surface area contributed by atoms with Crippen LogP contribution in [0, 0.1) is 0 Å². The summed E-state index contributed by atoms with van der Waals surface area (Å²) in [5.74, 6) is 0.363. The Kier molecular flexibility index (Phi) is 7.73. The van der Waals surface area contributed by atoms with Crippen LogP contribution >= 0.6 is 23.2 Å². The molecular formula is C14H19Cl2NO3. The Morgan fingerprint density at radius 1 is 1.30 bits per heavy atom. The van der Waals surface area contributed by atoms with Crippen molar-refractivity contribution in [3.05, 3.63) is 28.2 Å². The Morgan fingerprint density at radius 3 is 2.65 bits per heavy atom. The lowest BCUT2D eigenvalue weighted by Crippen LogP contribution is -2.34. The number of likely N-dealkylation sites (N-methyl/N-ethyl adjacent to an activating group) is 1. The zero-order valence-corrected chi connectivity index (χ0v) is 13.2. The number of benzene rings is 1. The molecule has 0 saturated heterocycles. The lowest BCUT2D eigenvalue weighted by molar-refractivity contribution is -0.144. The van der Waals surface area contributed by atoms with Gasteiger partial charge in [-0.3, -0.25) is 9.69 Å². The topological polar surface area (TPSA) is 38.8 Å². The molecule has 0 amide bonds. The minimum atomic E-state index is -0.223. The van der Waals surface area contributed by atoms with E-state index in [4.69, 9.17) is 32.7 Å². The van der Waals surface area contributed by atoms with E-state index in [1.165, 1.54) is 0 Å². The third-order valence-corrected chi connectivity index (χ3v) is 3.19. The molecule has 0 aliphatic heterocycles. The van der Waals surface area contributed by atoms with Crippen LogP contribution < -0.4 is 4.74 Å². The second kappa shape index (κ2) is 9.06. The van der Waals surface area contributed by atoms with Gasteiger partial charge in [-0.05, 0) is 31.7 Å². The third-order valence-electron chi connectivity index (χ3n) is 2.66. The highest BCUT2D eigenvalue weighted by molar-refractivity contribution is 6.35. The smallest absolute Gasteiger partial charge is 0.320 e. The minimum Gasteiger partial charge on any atom is -0.491 e. The zero-order chi connectivity index (χ0) is 15.0. The molecule has 112 valence electrons. The van der Waals surface area contributed by atoms with E-state index in [0.29, 0.717) is 35.6 Å². The van der Waals surface area contributed by atoms with E-state index in [9.17, 15) is 4.79 Å². The SMILES string of the molecule is CCOC(=O)CN(CC)CCOc1ccc(Cl)cc1Cl. The largest absolute Gasteiger partial charge is 0.491 e. The molecule has 0 spiro atoms. The van der Waals surface area contributed by atoms with Crippen molar-refractivity contribution in [3.8, 4) is 5.75 Å². The molecule has 0 aliphatic carbocycles.